The van der Waals surface area contributed by atoms with Gasteiger partial charge in [-0.2, -0.15) is 12.6 Å². The van der Waals surface area contributed by atoms with E-state index in [1.165, 1.54) is 5.56 Å². The lowest BCUT2D eigenvalue weighted by Crippen LogP contribution is -2.11. The molecule has 0 saturated heterocycles. The van der Waals surface area contributed by atoms with Crippen LogP contribution in [0.5, 0.6) is 17.2 Å². The van der Waals surface area contributed by atoms with Crippen molar-refractivity contribution in [3.63, 3.8) is 0 Å². The molecule has 2 aromatic carbocycles. The van der Waals surface area contributed by atoms with E-state index < -0.39 is 0 Å². The van der Waals surface area contributed by atoms with Crippen LogP contribution in [-0.2, 0) is 11.2 Å². The van der Waals surface area contributed by atoms with Crippen LogP contribution in [0, 0.1) is 20.8 Å². The van der Waals surface area contributed by atoms with Crippen molar-refractivity contribution in [2.24, 2.45) is 0 Å². The van der Waals surface area contributed by atoms with Crippen molar-refractivity contribution in [1.82, 2.24) is 0 Å². The summed E-state index contributed by atoms with van der Waals surface area (Å²) in [4.78, 5) is 0. The number of benzene rings is 2. The Bertz CT molecular complexity index is 704. The molecule has 2 rings (SSSR count). The molecule has 0 aliphatic rings. The van der Waals surface area contributed by atoms with Gasteiger partial charge in [-0.05, 0) is 48.9 Å². The molecule has 1 N–H and O–H groups in total. The summed E-state index contributed by atoms with van der Waals surface area (Å²) in [6, 6.07) is 8.12. The van der Waals surface area contributed by atoms with Gasteiger partial charge in [0, 0.05) is 11.3 Å². The normalized spacial score (nSPS) is 11.6. The molecule has 0 atom stereocenters. The fraction of sp³-hybridized carbons (Fsp3) is 0.400. The summed E-state index contributed by atoms with van der Waals surface area (Å²) in [6.07, 6.45) is 0. The van der Waals surface area contributed by atoms with E-state index in [-0.39, 0.29) is 11.2 Å². The molecule has 0 aromatic heterocycles. The highest BCUT2D eigenvalue weighted by Crippen LogP contribution is 2.40. The topological polar surface area (TPSA) is 29.5 Å². The third-order valence-corrected chi connectivity index (χ3v) is 4.35. The predicted octanol–water partition coefficient (Wildman–Crippen LogP) is 5.84. The van der Waals surface area contributed by atoms with Gasteiger partial charge in [-0.3, -0.25) is 0 Å². The van der Waals surface area contributed by atoms with Gasteiger partial charge < -0.3 is 9.84 Å². The average Bonchev–Trinajstić information content (AvgIpc) is 2.43. The van der Waals surface area contributed by atoms with Gasteiger partial charge in [-0.1, -0.05) is 44.5 Å². The Morgan fingerprint density at radius 3 is 2.04 bits per heavy atom. The number of aromatic hydroxyl groups is 1. The van der Waals surface area contributed by atoms with E-state index in [2.05, 4.69) is 52.5 Å². The van der Waals surface area contributed by atoms with Gasteiger partial charge in [-0.15, -0.1) is 0 Å². The second kappa shape index (κ2) is 6.48. The molecule has 0 aliphatic carbocycles. The summed E-state index contributed by atoms with van der Waals surface area (Å²) >= 11 is 4.33. The minimum Gasteiger partial charge on any atom is -0.504 e. The quantitative estimate of drug-likeness (QED) is 0.693. The van der Waals surface area contributed by atoms with E-state index in [9.17, 15) is 5.11 Å². The lowest BCUT2D eigenvalue weighted by Gasteiger charge is -2.23. The molecule has 0 bridgehead atoms. The summed E-state index contributed by atoms with van der Waals surface area (Å²) in [7, 11) is 0. The molecule has 0 amide bonds. The smallest absolute Gasteiger partial charge is 0.169 e. The van der Waals surface area contributed by atoms with Crippen LogP contribution < -0.4 is 4.74 Å². The Labute approximate surface area is 144 Å². The first kappa shape index (κ1) is 17.7. The lowest BCUT2D eigenvalue weighted by atomic mass is 9.86. The third kappa shape index (κ3) is 3.84. The number of aryl methyl sites for hydroxylation is 3. The van der Waals surface area contributed by atoms with E-state index >= 15 is 0 Å². The van der Waals surface area contributed by atoms with Crippen molar-refractivity contribution >= 4 is 12.6 Å². The van der Waals surface area contributed by atoms with Gasteiger partial charge in [0.2, 0.25) is 0 Å². The van der Waals surface area contributed by atoms with Gasteiger partial charge in [0.25, 0.3) is 0 Å². The van der Waals surface area contributed by atoms with Crippen molar-refractivity contribution in [1.29, 1.82) is 0 Å². The first-order valence-electron chi connectivity index (χ1n) is 7.86. The van der Waals surface area contributed by atoms with Crippen molar-refractivity contribution in [3.8, 4) is 17.2 Å². The highest BCUT2D eigenvalue weighted by atomic mass is 32.1. The zero-order valence-electron chi connectivity index (χ0n) is 14.8. The van der Waals surface area contributed by atoms with Gasteiger partial charge in [0.05, 0.1) is 0 Å². The third-order valence-electron chi connectivity index (χ3n) is 4.01. The fourth-order valence-corrected chi connectivity index (χ4v) is 2.98. The molecule has 0 radical (unpaired) electrons. The van der Waals surface area contributed by atoms with Crippen molar-refractivity contribution in [3.05, 3.63) is 52.1 Å². The second-order valence-electron chi connectivity index (χ2n) is 7.22. The molecule has 2 nitrogen and oxygen atoms in total. The lowest BCUT2D eigenvalue weighted by molar-refractivity contribution is 0.403. The standard InChI is InChI=1S/C20H26O2S/c1-12-7-13(2)19(14(3)8-12)22-17-10-16(20(4,5)6)9-15(11-23)18(17)21/h7-10,21,23H,11H2,1-6H3. The molecule has 124 valence electrons. The SMILES string of the molecule is Cc1cc(C)c(Oc2cc(C(C)(C)C)cc(CS)c2O)c(C)c1. The predicted molar refractivity (Wildman–Crippen MR) is 100 cm³/mol. The van der Waals surface area contributed by atoms with Gasteiger partial charge in [0.1, 0.15) is 5.75 Å². The highest BCUT2D eigenvalue weighted by molar-refractivity contribution is 7.79. The molecule has 2 aromatic rings. The zero-order valence-corrected chi connectivity index (χ0v) is 15.7. The van der Waals surface area contributed by atoms with E-state index in [0.29, 0.717) is 11.5 Å². The van der Waals surface area contributed by atoms with Crippen LogP contribution in [0.4, 0.5) is 0 Å². The molecule has 0 unspecified atom stereocenters. The molecule has 3 heteroatoms. The van der Waals surface area contributed by atoms with Crippen LogP contribution in [0.3, 0.4) is 0 Å². The minimum atomic E-state index is -0.0269. The maximum atomic E-state index is 10.5. The average molecular weight is 330 g/mol. The molecule has 23 heavy (non-hydrogen) atoms. The summed E-state index contributed by atoms with van der Waals surface area (Å²) in [5.41, 5.74) is 5.22. The molecular weight excluding hydrogens is 304 g/mol. The van der Waals surface area contributed by atoms with Crippen LogP contribution in [0.25, 0.3) is 0 Å². The maximum absolute atomic E-state index is 10.5. The maximum Gasteiger partial charge on any atom is 0.169 e. The molecule has 0 fully saturated rings. The molecular formula is C20H26O2S. The monoisotopic (exact) mass is 330 g/mol. The minimum absolute atomic E-state index is 0.0269. The van der Waals surface area contributed by atoms with Crippen molar-refractivity contribution in [2.75, 3.05) is 0 Å². The van der Waals surface area contributed by atoms with Gasteiger partial charge in [0.15, 0.2) is 11.5 Å². The van der Waals surface area contributed by atoms with Gasteiger partial charge in [-0.25, -0.2) is 0 Å². The molecule has 0 aliphatic heterocycles. The number of phenols is 1. The van der Waals surface area contributed by atoms with Crippen molar-refractivity contribution in [2.45, 2.75) is 52.7 Å². The largest absolute Gasteiger partial charge is 0.504 e. The van der Waals surface area contributed by atoms with Crippen LogP contribution in [-0.4, -0.2) is 5.11 Å². The van der Waals surface area contributed by atoms with Crippen molar-refractivity contribution < 1.29 is 9.84 Å². The zero-order chi connectivity index (χ0) is 17.4. The van der Waals surface area contributed by atoms with E-state index in [4.69, 9.17) is 4.74 Å². The Balaban J connectivity index is 2.56. The fourth-order valence-electron chi connectivity index (χ4n) is 2.73. The van der Waals surface area contributed by atoms with E-state index in [1.807, 2.05) is 26.0 Å². The Hall–Kier alpha value is -1.61. The summed E-state index contributed by atoms with van der Waals surface area (Å²) in [5.74, 6) is 1.95. The number of hydrogen-bond donors (Lipinski definition) is 2. The van der Waals surface area contributed by atoms with Crippen LogP contribution >= 0.6 is 12.6 Å². The number of hydrogen-bond acceptors (Lipinski definition) is 3. The molecule has 0 heterocycles. The van der Waals surface area contributed by atoms with Crippen LogP contribution in [0.15, 0.2) is 24.3 Å². The molecule has 0 saturated carbocycles. The van der Waals surface area contributed by atoms with Crippen LogP contribution in [0.2, 0.25) is 0 Å². The van der Waals surface area contributed by atoms with E-state index in [0.717, 1.165) is 28.0 Å². The molecule has 0 spiro atoms. The number of thiol groups is 1. The first-order chi connectivity index (χ1) is 10.6. The number of phenolic OH excluding ortho intramolecular Hbond substituents is 1. The first-order valence-corrected chi connectivity index (χ1v) is 8.49. The second-order valence-corrected chi connectivity index (χ2v) is 7.54. The van der Waals surface area contributed by atoms with Gasteiger partial charge >= 0.3 is 0 Å². The Morgan fingerprint density at radius 1 is 1.00 bits per heavy atom. The van der Waals surface area contributed by atoms with E-state index in [1.54, 1.807) is 0 Å². The number of ether oxygens (including phenoxy) is 1. The van der Waals surface area contributed by atoms with Crippen LogP contribution in [0.1, 0.15) is 48.6 Å². The Kier molecular flexibility index (Phi) is 5.00. The number of rotatable bonds is 3. The Morgan fingerprint density at radius 2 is 1.57 bits per heavy atom. The summed E-state index contributed by atoms with van der Waals surface area (Å²) in [6.45, 7) is 12.6. The highest BCUT2D eigenvalue weighted by Gasteiger charge is 2.20. The summed E-state index contributed by atoms with van der Waals surface area (Å²) in [5, 5.41) is 10.5. The summed E-state index contributed by atoms with van der Waals surface area (Å²) < 4.78 is 6.12.